The van der Waals surface area contributed by atoms with Crippen LogP contribution in [0.1, 0.15) is 47.4 Å². The second-order valence-corrected chi connectivity index (χ2v) is 10.2. The van der Waals surface area contributed by atoms with Gasteiger partial charge in [-0.1, -0.05) is 41.9 Å². The number of nitrogens with one attached hydrogen (secondary N) is 1. The Balaban J connectivity index is 1.53. The molecule has 1 saturated heterocycles. The molecule has 5 atom stereocenters. The van der Waals surface area contributed by atoms with Crippen LogP contribution in [0.3, 0.4) is 0 Å². The first kappa shape index (κ1) is 23.2. The molecule has 0 radical (unpaired) electrons. The van der Waals surface area contributed by atoms with Gasteiger partial charge in [0.25, 0.3) is 0 Å². The highest BCUT2D eigenvalue weighted by atomic mass is 35.5. The van der Waals surface area contributed by atoms with Crippen LogP contribution >= 0.6 is 11.6 Å². The number of nitrogens with zero attached hydrogens (tertiary/aromatic N) is 2. The third-order valence-electron chi connectivity index (χ3n) is 7.86. The van der Waals surface area contributed by atoms with Crippen LogP contribution in [0.15, 0.2) is 42.6 Å². The van der Waals surface area contributed by atoms with Crippen molar-refractivity contribution in [2.24, 2.45) is 11.7 Å². The zero-order valence-electron chi connectivity index (χ0n) is 19.4. The normalized spacial score (nSPS) is 29.0. The first-order valence-corrected chi connectivity index (χ1v) is 12.4. The van der Waals surface area contributed by atoms with Gasteiger partial charge in [-0.3, -0.25) is 4.79 Å². The molecule has 1 amide bonds. The summed E-state index contributed by atoms with van der Waals surface area (Å²) >= 11 is 6.56. The summed E-state index contributed by atoms with van der Waals surface area (Å²) in [5.41, 5.74) is 12.5. The molecule has 5 N–H and O–H groups in total. The number of alkyl halides is 1. The van der Waals surface area contributed by atoms with E-state index in [1.165, 1.54) is 16.8 Å². The molecule has 188 valence electrons. The topological polar surface area (TPSA) is 108 Å². The summed E-state index contributed by atoms with van der Waals surface area (Å²) in [4.78, 5) is 16.7. The van der Waals surface area contributed by atoms with Crippen molar-refractivity contribution in [3.8, 4) is 5.75 Å². The number of amides is 1. The standard InChI is InChI=1S/C26H26ClF2N5O2/c27-22-16(28)9-17-14(10-26(36-17,18-7-4-8-32-18)13-5-2-1-3-6-13)20(22)21-15(24(31)35)11-34-12-19(30)33-25(34)23(21)29/h1-3,5-6,9,12,15,18,21,23,32H,4,7-8,10-11,30H2,(H2,31,35)/t15?,18-,21?,23?,26-/m0/s1. The summed E-state index contributed by atoms with van der Waals surface area (Å²) < 4.78 is 39.5. The number of fused-ring (bicyclic) bond motifs is 2. The Morgan fingerprint density at radius 2 is 2.08 bits per heavy atom. The lowest BCUT2D eigenvalue weighted by Crippen LogP contribution is -2.49. The molecule has 36 heavy (non-hydrogen) atoms. The fourth-order valence-corrected chi connectivity index (χ4v) is 6.55. The van der Waals surface area contributed by atoms with E-state index in [9.17, 15) is 4.79 Å². The summed E-state index contributed by atoms with van der Waals surface area (Å²) in [6.07, 6.45) is 1.88. The number of benzene rings is 2. The molecule has 3 aliphatic heterocycles. The minimum Gasteiger partial charge on any atom is -0.480 e. The van der Waals surface area contributed by atoms with Crippen molar-refractivity contribution in [3.05, 3.63) is 75.9 Å². The van der Waals surface area contributed by atoms with Crippen LogP contribution in [-0.4, -0.2) is 28.0 Å². The Morgan fingerprint density at radius 3 is 2.78 bits per heavy atom. The Labute approximate surface area is 211 Å². The zero-order chi connectivity index (χ0) is 25.2. The van der Waals surface area contributed by atoms with E-state index in [0.717, 1.165) is 24.9 Å². The van der Waals surface area contributed by atoms with E-state index in [-0.39, 0.29) is 34.8 Å². The number of carbonyl (C=O) groups is 1. The van der Waals surface area contributed by atoms with Crippen LogP contribution in [0.2, 0.25) is 5.02 Å². The number of aromatic nitrogens is 2. The van der Waals surface area contributed by atoms with Crippen LogP contribution in [0.4, 0.5) is 14.6 Å². The summed E-state index contributed by atoms with van der Waals surface area (Å²) in [5.74, 6) is -3.08. The number of anilines is 1. The van der Waals surface area contributed by atoms with Gasteiger partial charge in [-0.2, -0.15) is 0 Å². The quantitative estimate of drug-likeness (QED) is 0.492. The van der Waals surface area contributed by atoms with E-state index in [1.807, 2.05) is 30.3 Å². The Bertz CT molecular complexity index is 1340. The van der Waals surface area contributed by atoms with E-state index in [4.69, 9.17) is 27.8 Å². The van der Waals surface area contributed by atoms with E-state index < -0.39 is 35.3 Å². The summed E-state index contributed by atoms with van der Waals surface area (Å²) in [6.45, 7) is 0.903. The summed E-state index contributed by atoms with van der Waals surface area (Å²) in [7, 11) is 0. The number of carbonyl (C=O) groups excluding carboxylic acids is 1. The van der Waals surface area contributed by atoms with Crippen molar-refractivity contribution < 1.29 is 18.3 Å². The zero-order valence-corrected chi connectivity index (χ0v) is 20.1. The second kappa shape index (κ2) is 8.45. The molecule has 0 aliphatic carbocycles. The van der Waals surface area contributed by atoms with Crippen LogP contribution in [0.5, 0.6) is 5.75 Å². The van der Waals surface area contributed by atoms with Gasteiger partial charge in [-0.05, 0) is 30.5 Å². The van der Waals surface area contributed by atoms with Crippen LogP contribution in [0.25, 0.3) is 0 Å². The van der Waals surface area contributed by atoms with Gasteiger partial charge in [0, 0.05) is 36.7 Å². The predicted molar refractivity (Wildman–Crippen MR) is 131 cm³/mol. The molecule has 0 spiro atoms. The number of halogens is 3. The van der Waals surface area contributed by atoms with Crippen molar-refractivity contribution >= 4 is 23.3 Å². The molecule has 0 bridgehead atoms. The number of rotatable bonds is 4. The van der Waals surface area contributed by atoms with E-state index in [0.29, 0.717) is 17.7 Å². The molecule has 7 nitrogen and oxygen atoms in total. The number of hydrogen-bond acceptors (Lipinski definition) is 5. The molecule has 6 rings (SSSR count). The smallest absolute Gasteiger partial charge is 0.223 e. The van der Waals surface area contributed by atoms with Crippen molar-refractivity contribution in [2.45, 2.75) is 49.5 Å². The van der Waals surface area contributed by atoms with Crippen molar-refractivity contribution in [1.82, 2.24) is 14.9 Å². The Hall–Kier alpha value is -3.17. The second-order valence-electron chi connectivity index (χ2n) is 9.86. The molecule has 4 heterocycles. The lowest BCUT2D eigenvalue weighted by molar-refractivity contribution is -0.124. The first-order chi connectivity index (χ1) is 17.3. The Kier molecular flexibility index (Phi) is 5.46. The molecule has 0 saturated carbocycles. The van der Waals surface area contributed by atoms with E-state index >= 15 is 8.78 Å². The summed E-state index contributed by atoms with van der Waals surface area (Å²) in [6, 6.07) is 11.0. The average molecular weight is 514 g/mol. The van der Waals surface area contributed by atoms with Crippen LogP contribution < -0.4 is 21.5 Å². The van der Waals surface area contributed by atoms with Gasteiger partial charge >= 0.3 is 0 Å². The third-order valence-corrected chi connectivity index (χ3v) is 8.24. The van der Waals surface area contributed by atoms with Gasteiger partial charge < -0.3 is 26.1 Å². The lowest BCUT2D eigenvalue weighted by atomic mass is 9.74. The maximum absolute atomic E-state index is 16.2. The van der Waals surface area contributed by atoms with Gasteiger partial charge in [-0.25, -0.2) is 13.8 Å². The van der Waals surface area contributed by atoms with Gasteiger partial charge in [0.05, 0.1) is 17.0 Å². The number of hydrogen-bond donors (Lipinski definition) is 3. The van der Waals surface area contributed by atoms with Crippen molar-refractivity contribution in [2.75, 3.05) is 12.3 Å². The molecule has 2 aromatic carbocycles. The van der Waals surface area contributed by atoms with Crippen LogP contribution in [0, 0.1) is 11.7 Å². The molecule has 1 fully saturated rings. The third kappa shape index (κ3) is 3.40. The molecule has 10 heteroatoms. The highest BCUT2D eigenvalue weighted by Crippen LogP contribution is 2.54. The molecule has 3 aromatic rings. The maximum Gasteiger partial charge on any atom is 0.223 e. The number of imidazole rings is 1. The SMILES string of the molecule is NC(=O)C1Cn2cc(N)nc2C(F)C1c1c(Cl)c(F)cc2c1C[C@](c1ccccc1)([C@@H]1CCCN1)O2. The molecular formula is C26H26ClF2N5O2. The van der Waals surface area contributed by atoms with Gasteiger partial charge in [0.15, 0.2) is 11.8 Å². The number of nitrogen functional groups attached to an aromatic ring is 1. The number of ether oxygens (including phenoxy) is 1. The lowest BCUT2D eigenvalue weighted by Gasteiger charge is -2.36. The van der Waals surface area contributed by atoms with Gasteiger partial charge in [0.1, 0.15) is 23.2 Å². The monoisotopic (exact) mass is 513 g/mol. The summed E-state index contributed by atoms with van der Waals surface area (Å²) in [5, 5.41) is 3.30. The van der Waals surface area contributed by atoms with E-state index in [1.54, 1.807) is 0 Å². The average Bonchev–Trinajstić information content (AvgIpc) is 3.60. The van der Waals surface area contributed by atoms with Gasteiger partial charge in [-0.15, -0.1) is 0 Å². The van der Waals surface area contributed by atoms with Crippen LogP contribution in [-0.2, 0) is 23.4 Å². The van der Waals surface area contributed by atoms with E-state index in [2.05, 4.69) is 10.3 Å². The molecule has 3 unspecified atom stereocenters. The van der Waals surface area contributed by atoms with Crippen molar-refractivity contribution in [3.63, 3.8) is 0 Å². The fraction of sp³-hybridized carbons (Fsp3) is 0.385. The first-order valence-electron chi connectivity index (χ1n) is 12.0. The fourth-order valence-electron chi connectivity index (χ4n) is 6.26. The maximum atomic E-state index is 16.2. The highest BCUT2D eigenvalue weighted by Gasteiger charge is 2.52. The Morgan fingerprint density at radius 1 is 1.31 bits per heavy atom. The molecule has 3 aliphatic rings. The largest absolute Gasteiger partial charge is 0.480 e. The number of primary amides is 1. The molecule has 1 aromatic heterocycles. The van der Waals surface area contributed by atoms with Crippen molar-refractivity contribution in [1.29, 1.82) is 0 Å². The predicted octanol–water partition coefficient (Wildman–Crippen LogP) is 3.75. The minimum absolute atomic E-state index is 0.0415. The minimum atomic E-state index is -1.77. The van der Waals surface area contributed by atoms with Gasteiger partial charge in [0.2, 0.25) is 5.91 Å². The molecular weight excluding hydrogens is 488 g/mol. The highest BCUT2D eigenvalue weighted by molar-refractivity contribution is 6.31. The number of nitrogens with two attached hydrogens (primary N) is 2.